The number of hydrogen-bond acceptors (Lipinski definition) is 4. The summed E-state index contributed by atoms with van der Waals surface area (Å²) in [5, 5.41) is 5.30. The summed E-state index contributed by atoms with van der Waals surface area (Å²) in [5.41, 5.74) is 1.07. The Labute approximate surface area is 160 Å². The highest BCUT2D eigenvalue weighted by molar-refractivity contribution is 6.31. The molecule has 0 spiro atoms. The molecule has 2 N–H and O–H groups in total. The van der Waals surface area contributed by atoms with Crippen molar-refractivity contribution in [3.8, 4) is 0 Å². The molecular formula is C19H18ClFN2O4. The summed E-state index contributed by atoms with van der Waals surface area (Å²) in [7, 11) is 0. The Kier molecular flexibility index (Phi) is 6.90. The zero-order valence-corrected chi connectivity index (χ0v) is 15.5. The van der Waals surface area contributed by atoms with Crippen molar-refractivity contribution in [2.45, 2.75) is 26.4 Å². The predicted octanol–water partition coefficient (Wildman–Crippen LogP) is 3.55. The Morgan fingerprint density at radius 1 is 1.07 bits per heavy atom. The van der Waals surface area contributed by atoms with Crippen molar-refractivity contribution in [2.75, 3.05) is 10.6 Å². The molecule has 6 nitrogen and oxygen atoms in total. The first-order chi connectivity index (χ1) is 12.8. The van der Waals surface area contributed by atoms with E-state index in [4.69, 9.17) is 16.3 Å². The largest absolute Gasteiger partial charge is 0.452 e. The van der Waals surface area contributed by atoms with Crippen LogP contribution >= 0.6 is 11.6 Å². The Hall–Kier alpha value is -2.93. The van der Waals surface area contributed by atoms with Crippen molar-refractivity contribution in [3.63, 3.8) is 0 Å². The highest BCUT2D eigenvalue weighted by atomic mass is 35.5. The number of ether oxygens (including phenoxy) is 1. The van der Waals surface area contributed by atoms with Crippen molar-refractivity contribution < 1.29 is 23.5 Å². The molecule has 0 saturated heterocycles. The van der Waals surface area contributed by atoms with Crippen LogP contribution in [0.4, 0.5) is 15.8 Å². The molecule has 1 atom stereocenters. The van der Waals surface area contributed by atoms with Crippen LogP contribution in [-0.2, 0) is 25.5 Å². The van der Waals surface area contributed by atoms with Crippen LogP contribution in [0.3, 0.4) is 0 Å². The van der Waals surface area contributed by atoms with Gasteiger partial charge >= 0.3 is 5.97 Å². The molecule has 2 aromatic rings. The lowest BCUT2D eigenvalue weighted by molar-refractivity contribution is -0.152. The van der Waals surface area contributed by atoms with Crippen LogP contribution in [0.15, 0.2) is 42.5 Å². The molecule has 0 fully saturated rings. The number of nitrogens with one attached hydrogen (secondary N) is 2. The van der Waals surface area contributed by atoms with Crippen molar-refractivity contribution in [2.24, 2.45) is 0 Å². The molecule has 0 aliphatic carbocycles. The second kappa shape index (κ2) is 9.14. The van der Waals surface area contributed by atoms with Crippen LogP contribution in [0.1, 0.15) is 19.4 Å². The van der Waals surface area contributed by atoms with Gasteiger partial charge in [0.25, 0.3) is 5.91 Å². The van der Waals surface area contributed by atoms with Gasteiger partial charge in [-0.05, 0) is 43.3 Å². The molecule has 0 aliphatic heterocycles. The van der Waals surface area contributed by atoms with E-state index >= 15 is 0 Å². The number of esters is 1. The van der Waals surface area contributed by atoms with E-state index < -0.39 is 23.8 Å². The number of carbonyl (C=O) groups excluding carboxylic acids is 3. The van der Waals surface area contributed by atoms with Gasteiger partial charge in [0.1, 0.15) is 5.82 Å². The average Bonchev–Trinajstić information content (AvgIpc) is 2.59. The van der Waals surface area contributed by atoms with Crippen LogP contribution < -0.4 is 10.6 Å². The number of hydrogen-bond donors (Lipinski definition) is 2. The van der Waals surface area contributed by atoms with Gasteiger partial charge in [0.15, 0.2) is 6.10 Å². The summed E-state index contributed by atoms with van der Waals surface area (Å²) in [6, 6.07) is 10.5. The Balaban J connectivity index is 1.91. The third-order valence-corrected chi connectivity index (χ3v) is 3.89. The minimum Gasteiger partial charge on any atom is -0.452 e. The number of amides is 2. The van der Waals surface area contributed by atoms with Crippen LogP contribution in [0.25, 0.3) is 0 Å². The van der Waals surface area contributed by atoms with E-state index in [0.717, 1.165) is 0 Å². The highest BCUT2D eigenvalue weighted by Crippen LogP contribution is 2.20. The standard InChI is InChI=1S/C19H18ClFN2O4/c1-11(27-18(25)10-15-16(20)4-3-5-17(15)21)19(26)23-14-8-6-13(7-9-14)22-12(2)24/h3-9,11H,10H2,1-2H3,(H,22,24)(H,23,26)/t11-/m0/s1. The molecule has 2 rings (SSSR count). The molecule has 0 aromatic heterocycles. The average molecular weight is 393 g/mol. The van der Waals surface area contributed by atoms with Crippen molar-refractivity contribution in [3.05, 3.63) is 58.9 Å². The fraction of sp³-hybridized carbons (Fsp3) is 0.211. The smallest absolute Gasteiger partial charge is 0.311 e. The maximum atomic E-state index is 13.7. The summed E-state index contributed by atoms with van der Waals surface area (Å²) in [4.78, 5) is 35.1. The Morgan fingerprint density at radius 2 is 1.67 bits per heavy atom. The molecule has 8 heteroatoms. The van der Waals surface area contributed by atoms with Gasteiger partial charge < -0.3 is 15.4 Å². The second-order valence-corrected chi connectivity index (χ2v) is 6.16. The number of benzene rings is 2. The molecule has 142 valence electrons. The third-order valence-electron chi connectivity index (χ3n) is 3.53. The van der Waals surface area contributed by atoms with Gasteiger partial charge in [0.2, 0.25) is 5.91 Å². The van der Waals surface area contributed by atoms with Crippen LogP contribution in [-0.4, -0.2) is 23.9 Å². The van der Waals surface area contributed by atoms with Crippen molar-refractivity contribution in [1.82, 2.24) is 0 Å². The molecule has 0 aliphatic rings. The lowest BCUT2D eigenvalue weighted by atomic mass is 10.1. The quantitative estimate of drug-likeness (QED) is 0.736. The summed E-state index contributed by atoms with van der Waals surface area (Å²) in [6.45, 7) is 2.79. The third kappa shape index (κ3) is 6.07. The van der Waals surface area contributed by atoms with Gasteiger partial charge in [0.05, 0.1) is 6.42 Å². The van der Waals surface area contributed by atoms with E-state index in [2.05, 4.69) is 10.6 Å². The molecule has 2 aromatic carbocycles. The van der Waals surface area contributed by atoms with E-state index in [1.165, 1.54) is 32.0 Å². The molecule has 0 heterocycles. The predicted molar refractivity (Wildman–Crippen MR) is 100 cm³/mol. The fourth-order valence-electron chi connectivity index (χ4n) is 2.22. The summed E-state index contributed by atoms with van der Waals surface area (Å²) < 4.78 is 18.7. The Morgan fingerprint density at radius 3 is 2.22 bits per heavy atom. The monoisotopic (exact) mass is 392 g/mol. The maximum absolute atomic E-state index is 13.7. The van der Waals surface area contributed by atoms with Crippen LogP contribution in [0.5, 0.6) is 0 Å². The summed E-state index contributed by atoms with van der Waals surface area (Å²) in [6.07, 6.45) is -1.47. The van der Waals surface area contributed by atoms with Crippen LogP contribution in [0.2, 0.25) is 5.02 Å². The van der Waals surface area contributed by atoms with Crippen LogP contribution in [0, 0.1) is 5.82 Å². The van der Waals surface area contributed by atoms with Gasteiger partial charge in [-0.15, -0.1) is 0 Å². The topological polar surface area (TPSA) is 84.5 Å². The number of rotatable bonds is 6. The first-order valence-electron chi connectivity index (χ1n) is 8.07. The number of anilines is 2. The van der Waals surface area contributed by atoms with Crippen molar-refractivity contribution >= 4 is 40.8 Å². The molecule has 0 bridgehead atoms. The first-order valence-corrected chi connectivity index (χ1v) is 8.45. The number of halogens is 2. The minimum atomic E-state index is -1.09. The van der Waals surface area contributed by atoms with E-state index in [1.54, 1.807) is 24.3 Å². The molecule has 2 amide bonds. The van der Waals surface area contributed by atoms with E-state index in [1.807, 2.05) is 0 Å². The lowest BCUT2D eigenvalue weighted by Crippen LogP contribution is -2.30. The normalized spacial score (nSPS) is 11.4. The maximum Gasteiger partial charge on any atom is 0.311 e. The van der Waals surface area contributed by atoms with Gasteiger partial charge in [-0.1, -0.05) is 17.7 Å². The van der Waals surface area contributed by atoms with E-state index in [9.17, 15) is 18.8 Å². The number of carbonyl (C=O) groups is 3. The first kappa shape index (κ1) is 20.4. The molecule has 0 unspecified atom stereocenters. The molecule has 27 heavy (non-hydrogen) atoms. The Bertz CT molecular complexity index is 835. The summed E-state index contributed by atoms with van der Waals surface area (Å²) >= 11 is 5.87. The zero-order valence-electron chi connectivity index (χ0n) is 14.7. The van der Waals surface area contributed by atoms with E-state index in [-0.39, 0.29) is 22.9 Å². The molecular weight excluding hydrogens is 375 g/mol. The lowest BCUT2D eigenvalue weighted by Gasteiger charge is -2.14. The van der Waals surface area contributed by atoms with Gasteiger partial charge in [-0.25, -0.2) is 4.39 Å². The second-order valence-electron chi connectivity index (χ2n) is 5.76. The molecule has 0 saturated carbocycles. The summed E-state index contributed by atoms with van der Waals surface area (Å²) in [5.74, 6) is -2.14. The van der Waals surface area contributed by atoms with Gasteiger partial charge in [-0.2, -0.15) is 0 Å². The van der Waals surface area contributed by atoms with Crippen molar-refractivity contribution in [1.29, 1.82) is 0 Å². The SMILES string of the molecule is CC(=O)Nc1ccc(NC(=O)[C@H](C)OC(=O)Cc2c(F)cccc2Cl)cc1. The molecule has 0 radical (unpaired) electrons. The van der Waals surface area contributed by atoms with E-state index in [0.29, 0.717) is 11.4 Å². The fourth-order valence-corrected chi connectivity index (χ4v) is 2.45. The minimum absolute atomic E-state index is 0.0188. The zero-order chi connectivity index (χ0) is 20.0. The van der Waals surface area contributed by atoms with Gasteiger partial charge in [0, 0.05) is 28.9 Å². The van der Waals surface area contributed by atoms with Gasteiger partial charge in [-0.3, -0.25) is 14.4 Å². The highest BCUT2D eigenvalue weighted by Gasteiger charge is 2.20.